The highest BCUT2D eigenvalue weighted by molar-refractivity contribution is 5.87. The van der Waals surface area contributed by atoms with Gasteiger partial charge in [0.15, 0.2) is 11.5 Å². The Morgan fingerprint density at radius 3 is 2.40 bits per heavy atom. The van der Waals surface area contributed by atoms with Gasteiger partial charge >= 0.3 is 0 Å². The van der Waals surface area contributed by atoms with Crippen LogP contribution in [0, 0.1) is 0 Å². The Balaban J connectivity index is 1.47. The second kappa shape index (κ2) is 7.30. The summed E-state index contributed by atoms with van der Waals surface area (Å²) in [5, 5.41) is 8.14. The number of anilines is 1. The summed E-state index contributed by atoms with van der Waals surface area (Å²) in [5.41, 5.74) is 12.4. The van der Waals surface area contributed by atoms with Crippen LogP contribution in [0.3, 0.4) is 0 Å². The van der Waals surface area contributed by atoms with Gasteiger partial charge in [0.05, 0.1) is 31.6 Å². The predicted octanol–water partition coefficient (Wildman–Crippen LogP) is 4.38. The minimum Gasteiger partial charge on any atom is -0.493 e. The molecule has 0 atom stereocenters. The number of hydrogen-bond acceptors (Lipinski definition) is 5. The Labute approximate surface area is 174 Å². The molecule has 152 valence electrons. The molecule has 6 heteroatoms. The second-order valence-corrected chi connectivity index (χ2v) is 7.52. The van der Waals surface area contributed by atoms with E-state index in [0.717, 1.165) is 52.1 Å². The summed E-state index contributed by atoms with van der Waals surface area (Å²) in [5.74, 6) is 2.20. The van der Waals surface area contributed by atoms with Gasteiger partial charge in [-0.05, 0) is 47.0 Å². The number of nitrogens with two attached hydrogens (primary N) is 1. The maximum atomic E-state index is 6.48. The average molecular weight is 401 g/mol. The third kappa shape index (κ3) is 3.10. The number of nitrogen functional groups attached to an aromatic ring is 1. The van der Waals surface area contributed by atoms with Crippen molar-refractivity contribution in [3.05, 3.63) is 65.9 Å². The molecule has 3 N–H and O–H groups in total. The molecule has 1 aliphatic rings. The Kier molecular flexibility index (Phi) is 4.47. The number of nitrogens with zero attached hydrogens (tertiary/aromatic N) is 1. The maximum absolute atomic E-state index is 6.48. The van der Waals surface area contributed by atoms with Crippen molar-refractivity contribution in [2.45, 2.75) is 18.9 Å². The van der Waals surface area contributed by atoms with E-state index in [9.17, 15) is 0 Å². The Morgan fingerprint density at radius 1 is 0.967 bits per heavy atom. The largest absolute Gasteiger partial charge is 0.493 e. The third-order valence-electron chi connectivity index (χ3n) is 5.68. The summed E-state index contributed by atoms with van der Waals surface area (Å²) in [6.45, 7) is 0. The summed E-state index contributed by atoms with van der Waals surface area (Å²) in [6, 6.07) is 16.1. The number of ether oxygens (including phenoxy) is 3. The lowest BCUT2D eigenvalue weighted by molar-refractivity contribution is 0.216. The SMILES string of the molecule is COc1cc2c(cc1OC)CC(Oc1c(N)cccc1-c1ccc3[nH]ncc3c1)C2. The van der Waals surface area contributed by atoms with Gasteiger partial charge in [0.2, 0.25) is 0 Å². The van der Waals surface area contributed by atoms with Crippen molar-refractivity contribution in [1.82, 2.24) is 10.2 Å². The first kappa shape index (κ1) is 18.4. The molecule has 4 aromatic rings. The van der Waals surface area contributed by atoms with E-state index in [1.165, 1.54) is 11.1 Å². The third-order valence-corrected chi connectivity index (χ3v) is 5.68. The lowest BCUT2D eigenvalue weighted by atomic mass is 10.0. The molecule has 5 rings (SSSR count). The molecule has 0 fully saturated rings. The van der Waals surface area contributed by atoms with E-state index in [-0.39, 0.29) is 6.10 Å². The van der Waals surface area contributed by atoms with Crippen LogP contribution in [0.5, 0.6) is 17.2 Å². The standard InChI is InChI=1S/C24H23N3O3/c1-28-22-11-15-9-18(10-16(15)12-23(22)29-2)30-24-19(4-3-5-20(24)25)14-6-7-21-17(8-14)13-26-27-21/h3-8,11-13,18H,9-10,25H2,1-2H3,(H,26,27). The van der Waals surface area contributed by atoms with Gasteiger partial charge in [0, 0.05) is 23.8 Å². The molecule has 1 aliphatic carbocycles. The molecule has 0 saturated carbocycles. The van der Waals surface area contributed by atoms with Gasteiger partial charge < -0.3 is 19.9 Å². The molecule has 3 aromatic carbocycles. The van der Waals surface area contributed by atoms with Gasteiger partial charge in [-0.3, -0.25) is 5.10 Å². The fourth-order valence-corrected chi connectivity index (χ4v) is 4.18. The van der Waals surface area contributed by atoms with Crippen LogP contribution in [0.15, 0.2) is 54.7 Å². The van der Waals surface area contributed by atoms with E-state index >= 15 is 0 Å². The first-order valence-corrected chi connectivity index (χ1v) is 9.88. The predicted molar refractivity (Wildman–Crippen MR) is 117 cm³/mol. The summed E-state index contributed by atoms with van der Waals surface area (Å²) in [7, 11) is 3.31. The van der Waals surface area contributed by atoms with Crippen LogP contribution in [-0.4, -0.2) is 30.5 Å². The topological polar surface area (TPSA) is 82.4 Å². The summed E-state index contributed by atoms with van der Waals surface area (Å²) >= 11 is 0. The monoisotopic (exact) mass is 401 g/mol. The molecule has 1 aromatic heterocycles. The van der Waals surface area contributed by atoms with Crippen molar-refractivity contribution >= 4 is 16.6 Å². The first-order valence-electron chi connectivity index (χ1n) is 9.88. The molecule has 0 bridgehead atoms. The zero-order chi connectivity index (χ0) is 20.7. The Morgan fingerprint density at radius 2 is 1.70 bits per heavy atom. The highest BCUT2D eigenvalue weighted by Crippen LogP contribution is 2.40. The highest BCUT2D eigenvalue weighted by atomic mass is 16.5. The van der Waals surface area contributed by atoms with Gasteiger partial charge in [0.1, 0.15) is 11.9 Å². The normalized spacial score (nSPS) is 13.4. The molecule has 0 amide bonds. The number of methoxy groups -OCH3 is 2. The molecule has 6 nitrogen and oxygen atoms in total. The maximum Gasteiger partial charge on any atom is 0.161 e. The van der Waals surface area contributed by atoms with E-state index in [4.69, 9.17) is 19.9 Å². The first-order chi connectivity index (χ1) is 14.7. The second-order valence-electron chi connectivity index (χ2n) is 7.52. The summed E-state index contributed by atoms with van der Waals surface area (Å²) < 4.78 is 17.4. The number of rotatable bonds is 5. The minimum atomic E-state index is -0.00193. The van der Waals surface area contributed by atoms with Gasteiger partial charge in [0.25, 0.3) is 0 Å². The van der Waals surface area contributed by atoms with Gasteiger partial charge in [-0.2, -0.15) is 5.10 Å². The van der Waals surface area contributed by atoms with Crippen molar-refractivity contribution in [3.8, 4) is 28.4 Å². The smallest absolute Gasteiger partial charge is 0.161 e. The van der Waals surface area contributed by atoms with Crippen molar-refractivity contribution < 1.29 is 14.2 Å². The van der Waals surface area contributed by atoms with Crippen LogP contribution in [0.2, 0.25) is 0 Å². The Bertz CT molecular complexity index is 1200. The average Bonchev–Trinajstić information content (AvgIpc) is 3.39. The fourth-order valence-electron chi connectivity index (χ4n) is 4.18. The molecule has 0 saturated heterocycles. The van der Waals surface area contributed by atoms with Crippen LogP contribution < -0.4 is 19.9 Å². The number of H-pyrrole nitrogens is 1. The highest BCUT2D eigenvalue weighted by Gasteiger charge is 2.27. The minimum absolute atomic E-state index is 0.00193. The zero-order valence-electron chi connectivity index (χ0n) is 16.9. The number of para-hydroxylation sites is 1. The lowest BCUT2D eigenvalue weighted by Gasteiger charge is -2.18. The van der Waals surface area contributed by atoms with E-state index < -0.39 is 0 Å². The van der Waals surface area contributed by atoms with Crippen LogP contribution >= 0.6 is 0 Å². The van der Waals surface area contributed by atoms with E-state index in [0.29, 0.717) is 5.69 Å². The Hall–Kier alpha value is -3.67. The summed E-state index contributed by atoms with van der Waals surface area (Å²) in [6.07, 6.45) is 3.41. The van der Waals surface area contributed by atoms with Crippen LogP contribution in [0.25, 0.3) is 22.0 Å². The van der Waals surface area contributed by atoms with E-state index in [1.807, 2.05) is 42.6 Å². The number of fused-ring (bicyclic) bond motifs is 2. The van der Waals surface area contributed by atoms with Crippen LogP contribution in [-0.2, 0) is 12.8 Å². The molecule has 0 aliphatic heterocycles. The van der Waals surface area contributed by atoms with Crippen LogP contribution in [0.1, 0.15) is 11.1 Å². The number of aromatic nitrogens is 2. The number of benzene rings is 3. The molecule has 1 heterocycles. The van der Waals surface area contributed by atoms with Crippen molar-refractivity contribution in [2.75, 3.05) is 20.0 Å². The molecule has 0 radical (unpaired) electrons. The zero-order valence-corrected chi connectivity index (χ0v) is 16.9. The van der Waals surface area contributed by atoms with Gasteiger partial charge in [-0.1, -0.05) is 18.2 Å². The van der Waals surface area contributed by atoms with Crippen molar-refractivity contribution in [2.24, 2.45) is 0 Å². The number of hydrogen-bond donors (Lipinski definition) is 2. The van der Waals surface area contributed by atoms with Gasteiger partial charge in [-0.15, -0.1) is 0 Å². The number of aromatic amines is 1. The molecular weight excluding hydrogens is 378 g/mol. The van der Waals surface area contributed by atoms with E-state index in [1.54, 1.807) is 14.2 Å². The molecule has 0 unspecified atom stereocenters. The van der Waals surface area contributed by atoms with Crippen molar-refractivity contribution in [1.29, 1.82) is 0 Å². The van der Waals surface area contributed by atoms with Crippen LogP contribution in [0.4, 0.5) is 5.69 Å². The molecule has 30 heavy (non-hydrogen) atoms. The molecular formula is C24H23N3O3. The quantitative estimate of drug-likeness (QED) is 0.485. The number of nitrogens with one attached hydrogen (secondary N) is 1. The van der Waals surface area contributed by atoms with Gasteiger partial charge in [-0.25, -0.2) is 0 Å². The summed E-state index contributed by atoms with van der Waals surface area (Å²) in [4.78, 5) is 0. The fraction of sp³-hybridized carbons (Fsp3) is 0.208. The lowest BCUT2D eigenvalue weighted by Crippen LogP contribution is -2.17. The van der Waals surface area contributed by atoms with Crippen molar-refractivity contribution in [3.63, 3.8) is 0 Å². The molecule has 0 spiro atoms. The van der Waals surface area contributed by atoms with E-state index in [2.05, 4.69) is 22.3 Å².